The molecule has 5 rings (SSSR count). The summed E-state index contributed by atoms with van der Waals surface area (Å²) in [5.74, 6) is -0.569. The lowest BCUT2D eigenvalue weighted by molar-refractivity contribution is -0.943. The monoisotopic (exact) mass is 323 g/mol. The van der Waals surface area contributed by atoms with Crippen LogP contribution in [0.3, 0.4) is 0 Å². The van der Waals surface area contributed by atoms with Gasteiger partial charge < -0.3 is 14.2 Å². The van der Waals surface area contributed by atoms with Crippen LogP contribution in [-0.2, 0) is 11.2 Å². The number of aliphatic carboxylic acids is 1. The molecule has 2 aromatic rings. The average Bonchev–Trinajstić information content (AvgIpc) is 2.90. The third-order valence-corrected chi connectivity index (χ3v) is 6.78. The van der Waals surface area contributed by atoms with Gasteiger partial charge in [0.1, 0.15) is 18.6 Å². The number of piperidine rings is 1. The van der Waals surface area contributed by atoms with Crippen LogP contribution in [0.25, 0.3) is 10.9 Å². The Morgan fingerprint density at radius 3 is 2.92 bits per heavy atom. The number of carbonyl (C=O) groups is 1. The Labute approximate surface area is 141 Å². The number of nitrogens with zero attached hydrogens (tertiary/aromatic N) is 2. The molecule has 0 spiro atoms. The summed E-state index contributed by atoms with van der Waals surface area (Å²) in [6.45, 7) is 4.21. The number of fused-ring (bicyclic) bond motifs is 4. The molecule has 1 saturated heterocycles. The predicted molar refractivity (Wildman–Crippen MR) is 92.8 cm³/mol. The fraction of sp³-hybridized carbons (Fsp3) is 0.450. The first-order valence-electron chi connectivity index (χ1n) is 8.89. The molecule has 1 fully saturated rings. The maximum Gasteiger partial charge on any atom is 0.327 e. The van der Waals surface area contributed by atoms with Crippen molar-refractivity contribution < 1.29 is 14.4 Å². The van der Waals surface area contributed by atoms with Crippen LogP contribution in [0.4, 0.5) is 0 Å². The highest BCUT2D eigenvalue weighted by atomic mass is 16.4. The number of hydrogen-bond acceptors (Lipinski definition) is 1. The molecular formula is C20H23N2O2+. The van der Waals surface area contributed by atoms with Gasteiger partial charge in [-0.15, -0.1) is 0 Å². The number of allylic oxidation sites excluding steroid dienone is 1. The molecule has 4 heterocycles. The van der Waals surface area contributed by atoms with E-state index < -0.39 is 12.0 Å². The smallest absolute Gasteiger partial charge is 0.327 e. The average molecular weight is 323 g/mol. The van der Waals surface area contributed by atoms with Crippen molar-refractivity contribution in [3.63, 3.8) is 0 Å². The van der Waals surface area contributed by atoms with Gasteiger partial charge in [-0.2, -0.15) is 0 Å². The summed E-state index contributed by atoms with van der Waals surface area (Å²) in [6.07, 6.45) is 4.19. The Bertz CT molecular complexity index is 910. The van der Waals surface area contributed by atoms with Crippen LogP contribution in [0, 0.1) is 5.92 Å². The van der Waals surface area contributed by atoms with E-state index >= 15 is 0 Å². The number of carboxylic acid groups (broad SMARTS) is 1. The van der Waals surface area contributed by atoms with Crippen LogP contribution >= 0.6 is 0 Å². The van der Waals surface area contributed by atoms with Crippen molar-refractivity contribution in [1.82, 2.24) is 4.57 Å². The maximum atomic E-state index is 12.3. The van der Waals surface area contributed by atoms with E-state index in [9.17, 15) is 9.90 Å². The van der Waals surface area contributed by atoms with Crippen molar-refractivity contribution in [3.8, 4) is 0 Å². The van der Waals surface area contributed by atoms with Gasteiger partial charge >= 0.3 is 5.97 Å². The summed E-state index contributed by atoms with van der Waals surface area (Å²) in [5, 5.41) is 11.3. The van der Waals surface area contributed by atoms with Gasteiger partial charge in [-0.1, -0.05) is 24.3 Å². The molecule has 24 heavy (non-hydrogen) atoms. The van der Waals surface area contributed by atoms with E-state index in [1.165, 1.54) is 22.2 Å². The number of quaternary nitrogens is 1. The quantitative estimate of drug-likeness (QED) is 0.646. The van der Waals surface area contributed by atoms with Crippen LogP contribution in [-0.4, -0.2) is 40.3 Å². The molecule has 3 aliphatic rings. The number of rotatable bonds is 1. The zero-order chi connectivity index (χ0) is 16.6. The predicted octanol–water partition coefficient (Wildman–Crippen LogP) is 3.29. The molecule has 1 unspecified atom stereocenters. The van der Waals surface area contributed by atoms with E-state index in [0.29, 0.717) is 6.04 Å². The molecular weight excluding hydrogens is 300 g/mol. The number of carboxylic acids is 1. The summed E-state index contributed by atoms with van der Waals surface area (Å²) < 4.78 is 3.22. The molecule has 1 N–H and O–H groups in total. The van der Waals surface area contributed by atoms with E-state index in [4.69, 9.17) is 0 Å². The molecule has 124 valence electrons. The Morgan fingerprint density at radius 1 is 1.38 bits per heavy atom. The normalized spacial score (nSPS) is 35.4. The summed E-state index contributed by atoms with van der Waals surface area (Å²) >= 11 is 0. The van der Waals surface area contributed by atoms with Crippen molar-refractivity contribution in [1.29, 1.82) is 0 Å². The Kier molecular flexibility index (Phi) is 2.69. The highest BCUT2D eigenvalue weighted by molar-refractivity contribution is 5.89. The largest absolute Gasteiger partial charge is 0.480 e. The SMILES string of the molecule is C/C=C1/C[N+]2(C)CCc3c4n(c5ccccc35)[C@@H](C(=O)O)[C@H]1C[C@@H]42. The third-order valence-electron chi connectivity index (χ3n) is 6.78. The molecule has 0 radical (unpaired) electrons. The van der Waals surface area contributed by atoms with E-state index in [1.54, 1.807) is 0 Å². The van der Waals surface area contributed by atoms with Crippen molar-refractivity contribution in [3.05, 3.63) is 47.2 Å². The first-order valence-corrected chi connectivity index (χ1v) is 8.89. The second-order valence-electron chi connectivity index (χ2n) is 7.87. The van der Waals surface area contributed by atoms with Gasteiger partial charge in [0, 0.05) is 29.7 Å². The molecule has 0 saturated carbocycles. The van der Waals surface area contributed by atoms with E-state index in [2.05, 4.69) is 42.8 Å². The zero-order valence-corrected chi connectivity index (χ0v) is 14.2. The summed E-state index contributed by atoms with van der Waals surface area (Å²) in [4.78, 5) is 12.3. The van der Waals surface area contributed by atoms with Crippen LogP contribution in [0.15, 0.2) is 35.9 Å². The van der Waals surface area contributed by atoms with Crippen LogP contribution in [0.5, 0.6) is 0 Å². The highest BCUT2D eigenvalue weighted by Crippen LogP contribution is 2.55. The number of para-hydroxylation sites is 1. The minimum Gasteiger partial charge on any atom is -0.480 e. The van der Waals surface area contributed by atoms with Gasteiger partial charge in [0.25, 0.3) is 0 Å². The lowest BCUT2D eigenvalue weighted by Gasteiger charge is -2.54. The Morgan fingerprint density at radius 2 is 2.17 bits per heavy atom. The molecule has 1 aromatic carbocycles. The van der Waals surface area contributed by atoms with Gasteiger partial charge in [-0.05, 0) is 24.1 Å². The minimum atomic E-state index is -0.692. The van der Waals surface area contributed by atoms with E-state index in [0.717, 1.165) is 35.9 Å². The number of hydrogen-bond donors (Lipinski definition) is 1. The molecule has 2 bridgehead atoms. The molecule has 0 amide bonds. The maximum absolute atomic E-state index is 12.3. The van der Waals surface area contributed by atoms with Crippen molar-refractivity contribution in [2.24, 2.45) is 5.92 Å². The fourth-order valence-electron chi connectivity index (χ4n) is 5.68. The lowest BCUT2D eigenvalue weighted by atomic mass is 9.73. The zero-order valence-electron chi connectivity index (χ0n) is 14.2. The number of benzene rings is 1. The third kappa shape index (κ3) is 1.55. The van der Waals surface area contributed by atoms with Crippen molar-refractivity contribution in [2.75, 3.05) is 20.1 Å². The summed E-state index contributed by atoms with van der Waals surface area (Å²) in [7, 11) is 2.36. The van der Waals surface area contributed by atoms with Crippen LogP contribution in [0.1, 0.15) is 36.7 Å². The molecule has 1 aromatic heterocycles. The van der Waals surface area contributed by atoms with Crippen molar-refractivity contribution in [2.45, 2.75) is 31.8 Å². The molecule has 4 heteroatoms. The van der Waals surface area contributed by atoms with Crippen molar-refractivity contribution >= 4 is 16.9 Å². The topological polar surface area (TPSA) is 42.2 Å². The molecule has 4 atom stereocenters. The highest BCUT2D eigenvalue weighted by Gasteiger charge is 2.55. The summed E-state index contributed by atoms with van der Waals surface area (Å²) in [5.41, 5.74) is 5.15. The van der Waals surface area contributed by atoms with E-state index in [1.807, 2.05) is 6.07 Å². The first kappa shape index (κ1) is 14.3. The summed E-state index contributed by atoms with van der Waals surface area (Å²) in [6, 6.07) is 8.35. The lowest BCUT2D eigenvalue weighted by Crippen LogP contribution is -2.59. The standard InChI is InChI=1S/C20H22N2O2/c1-3-12-11-22(2)9-8-14-13-6-4-5-7-16(13)21-18(14)17(22)10-15(12)19(21)20(23)24/h3-7,15,17,19H,8-11H2,1-2H3/p+1/b12-3-/t15-,17-,19+,22?/m0/s1. The second-order valence-corrected chi connectivity index (χ2v) is 7.87. The van der Waals surface area contributed by atoms with E-state index in [-0.39, 0.29) is 5.92 Å². The number of aromatic nitrogens is 1. The van der Waals surface area contributed by atoms with Crippen LogP contribution in [0.2, 0.25) is 0 Å². The van der Waals surface area contributed by atoms with Crippen LogP contribution < -0.4 is 0 Å². The second kappa shape index (κ2) is 4.51. The molecule has 4 nitrogen and oxygen atoms in total. The number of likely N-dealkylation sites (N-methyl/N-ethyl adjacent to an activating group) is 1. The van der Waals surface area contributed by atoms with Gasteiger partial charge in [-0.25, -0.2) is 4.79 Å². The Balaban J connectivity index is 1.91. The van der Waals surface area contributed by atoms with Gasteiger partial charge in [0.15, 0.2) is 0 Å². The fourth-order valence-corrected chi connectivity index (χ4v) is 5.68. The van der Waals surface area contributed by atoms with Gasteiger partial charge in [0.2, 0.25) is 0 Å². The van der Waals surface area contributed by atoms with Gasteiger partial charge in [-0.3, -0.25) is 0 Å². The Hall–Kier alpha value is -2.07. The molecule has 0 aliphatic carbocycles. The minimum absolute atomic E-state index is 0.123. The molecule has 3 aliphatic heterocycles. The van der Waals surface area contributed by atoms with Gasteiger partial charge in [0.05, 0.1) is 19.3 Å². The first-order chi connectivity index (χ1) is 11.5.